The summed E-state index contributed by atoms with van der Waals surface area (Å²) in [6.45, 7) is 2.86. The quantitative estimate of drug-likeness (QED) is 0.781. The number of alkyl halides is 1. The lowest BCUT2D eigenvalue weighted by molar-refractivity contribution is 0.357. The minimum atomic E-state index is 0.114. The average Bonchev–Trinajstić information content (AvgIpc) is 2.95. The number of rotatable bonds is 2. The maximum atomic E-state index is 5.52. The Kier molecular flexibility index (Phi) is 2.71. The zero-order valence-electron chi connectivity index (χ0n) is 9.57. The number of hydrogen-bond acceptors (Lipinski definition) is 2. The van der Waals surface area contributed by atoms with E-state index in [0.29, 0.717) is 0 Å². The number of ether oxygens (including phenoxy) is 1. The van der Waals surface area contributed by atoms with Gasteiger partial charge in [-0.1, -0.05) is 28.1 Å². The van der Waals surface area contributed by atoms with Gasteiger partial charge in [0, 0.05) is 6.42 Å². The van der Waals surface area contributed by atoms with Crippen molar-refractivity contribution in [1.82, 2.24) is 0 Å². The summed E-state index contributed by atoms with van der Waals surface area (Å²) in [5.41, 5.74) is 3.67. The van der Waals surface area contributed by atoms with Crippen molar-refractivity contribution in [3.63, 3.8) is 0 Å². The lowest BCUT2D eigenvalue weighted by Gasteiger charge is -2.10. The van der Waals surface area contributed by atoms with E-state index in [9.17, 15) is 0 Å². The first kappa shape index (κ1) is 10.9. The summed E-state index contributed by atoms with van der Waals surface area (Å²) in [5.74, 6) is 1.99. The first-order valence-corrected chi connectivity index (χ1v) is 6.61. The predicted octanol–water partition coefficient (Wildman–Crippen LogP) is 4.01. The van der Waals surface area contributed by atoms with Gasteiger partial charge < -0.3 is 9.15 Å². The lowest BCUT2D eigenvalue weighted by atomic mass is 10.0. The molecule has 0 aliphatic carbocycles. The second kappa shape index (κ2) is 4.22. The van der Waals surface area contributed by atoms with Crippen molar-refractivity contribution in [3.05, 3.63) is 53.0 Å². The van der Waals surface area contributed by atoms with Gasteiger partial charge in [0.25, 0.3) is 0 Å². The van der Waals surface area contributed by atoms with Crippen molar-refractivity contribution >= 4 is 15.9 Å². The predicted molar refractivity (Wildman–Crippen MR) is 69.9 cm³/mol. The molecule has 1 atom stereocenters. The van der Waals surface area contributed by atoms with Gasteiger partial charge in [-0.3, -0.25) is 0 Å². The lowest BCUT2D eigenvalue weighted by Crippen LogP contribution is -1.93. The molecule has 1 aliphatic heterocycles. The van der Waals surface area contributed by atoms with Crippen LogP contribution in [-0.2, 0) is 6.42 Å². The number of halogens is 1. The Bertz CT molecular complexity index is 545. The maximum absolute atomic E-state index is 5.52. The van der Waals surface area contributed by atoms with E-state index in [4.69, 9.17) is 9.15 Å². The van der Waals surface area contributed by atoms with Crippen LogP contribution in [0.3, 0.4) is 0 Å². The fourth-order valence-corrected chi connectivity index (χ4v) is 2.91. The van der Waals surface area contributed by atoms with E-state index in [1.54, 1.807) is 6.26 Å². The van der Waals surface area contributed by atoms with Crippen molar-refractivity contribution in [3.8, 4) is 5.75 Å². The van der Waals surface area contributed by atoms with Gasteiger partial charge in [0.15, 0.2) is 0 Å². The summed E-state index contributed by atoms with van der Waals surface area (Å²) in [6, 6.07) is 8.32. The molecule has 3 heteroatoms. The molecule has 0 bridgehead atoms. The second-order valence-electron chi connectivity index (χ2n) is 4.30. The van der Waals surface area contributed by atoms with E-state index in [1.807, 2.05) is 12.1 Å². The van der Waals surface area contributed by atoms with E-state index < -0.39 is 0 Å². The van der Waals surface area contributed by atoms with Crippen LogP contribution in [0.15, 0.2) is 34.9 Å². The topological polar surface area (TPSA) is 22.4 Å². The fraction of sp³-hybridized carbons (Fsp3) is 0.286. The Morgan fingerprint density at radius 3 is 2.94 bits per heavy atom. The van der Waals surface area contributed by atoms with Crippen LogP contribution in [0.4, 0.5) is 0 Å². The molecule has 0 radical (unpaired) electrons. The summed E-state index contributed by atoms with van der Waals surface area (Å²) in [6.07, 6.45) is 2.73. The number of aryl methyl sites for hydroxylation is 1. The molecule has 1 aromatic heterocycles. The van der Waals surface area contributed by atoms with Crippen molar-refractivity contribution in [2.75, 3.05) is 6.61 Å². The molecule has 0 spiro atoms. The molecule has 0 saturated heterocycles. The summed E-state index contributed by atoms with van der Waals surface area (Å²) < 4.78 is 11.0. The fourth-order valence-electron chi connectivity index (χ4n) is 2.16. The molecule has 2 nitrogen and oxygen atoms in total. The van der Waals surface area contributed by atoms with Crippen LogP contribution in [0.2, 0.25) is 0 Å². The molecule has 1 aliphatic rings. The molecule has 2 aromatic rings. The van der Waals surface area contributed by atoms with Gasteiger partial charge in [-0.15, -0.1) is 0 Å². The minimum Gasteiger partial charge on any atom is -0.493 e. The molecule has 3 rings (SSSR count). The third-order valence-electron chi connectivity index (χ3n) is 3.14. The summed E-state index contributed by atoms with van der Waals surface area (Å²) >= 11 is 3.70. The summed E-state index contributed by atoms with van der Waals surface area (Å²) in [7, 11) is 0. The van der Waals surface area contributed by atoms with Gasteiger partial charge in [0.2, 0.25) is 0 Å². The summed E-state index contributed by atoms with van der Waals surface area (Å²) in [5, 5.41) is 0. The van der Waals surface area contributed by atoms with Gasteiger partial charge in [0.05, 0.1) is 17.7 Å². The molecular formula is C14H13BrO2. The molecular weight excluding hydrogens is 280 g/mol. The molecule has 17 heavy (non-hydrogen) atoms. The van der Waals surface area contributed by atoms with E-state index in [0.717, 1.165) is 24.5 Å². The van der Waals surface area contributed by atoms with Gasteiger partial charge in [0.1, 0.15) is 11.5 Å². The zero-order chi connectivity index (χ0) is 11.8. The Balaban J connectivity index is 1.97. The van der Waals surface area contributed by atoms with Crippen molar-refractivity contribution < 1.29 is 9.15 Å². The smallest absolute Gasteiger partial charge is 0.124 e. The molecule has 0 saturated carbocycles. The van der Waals surface area contributed by atoms with Crippen LogP contribution < -0.4 is 4.74 Å². The Morgan fingerprint density at radius 2 is 2.18 bits per heavy atom. The summed E-state index contributed by atoms with van der Waals surface area (Å²) in [4.78, 5) is 0.114. The van der Waals surface area contributed by atoms with Crippen LogP contribution in [0, 0.1) is 6.92 Å². The number of hydrogen-bond donors (Lipinski definition) is 0. The van der Waals surface area contributed by atoms with E-state index in [1.165, 1.54) is 16.7 Å². The first-order valence-electron chi connectivity index (χ1n) is 5.69. The van der Waals surface area contributed by atoms with Gasteiger partial charge >= 0.3 is 0 Å². The molecule has 2 heterocycles. The molecule has 1 aromatic carbocycles. The van der Waals surface area contributed by atoms with Gasteiger partial charge in [-0.2, -0.15) is 0 Å². The number of fused-ring (bicyclic) bond motifs is 1. The monoisotopic (exact) mass is 292 g/mol. The molecule has 1 unspecified atom stereocenters. The third-order valence-corrected chi connectivity index (χ3v) is 4.08. The number of furan rings is 1. The SMILES string of the molecule is Cc1ccoc1C(Br)c1ccc2c(c1)CCO2. The van der Waals surface area contributed by atoms with E-state index in [2.05, 4.69) is 35.0 Å². The Hall–Kier alpha value is -1.22. The molecule has 88 valence electrons. The Labute approximate surface area is 109 Å². The van der Waals surface area contributed by atoms with Crippen molar-refractivity contribution in [2.45, 2.75) is 18.2 Å². The van der Waals surface area contributed by atoms with Crippen LogP contribution in [0.5, 0.6) is 5.75 Å². The molecule has 0 fully saturated rings. The van der Waals surface area contributed by atoms with Crippen LogP contribution in [0.25, 0.3) is 0 Å². The van der Waals surface area contributed by atoms with Crippen molar-refractivity contribution in [1.29, 1.82) is 0 Å². The highest BCUT2D eigenvalue weighted by atomic mass is 79.9. The standard InChI is InChI=1S/C14H13BrO2/c1-9-4-6-17-14(9)13(15)11-2-3-12-10(8-11)5-7-16-12/h2-4,6,8,13H,5,7H2,1H3. The average molecular weight is 293 g/mol. The van der Waals surface area contributed by atoms with Gasteiger partial charge in [-0.25, -0.2) is 0 Å². The molecule has 0 N–H and O–H groups in total. The minimum absolute atomic E-state index is 0.114. The normalized spacial score (nSPS) is 15.4. The second-order valence-corrected chi connectivity index (χ2v) is 5.21. The van der Waals surface area contributed by atoms with Crippen LogP contribution >= 0.6 is 15.9 Å². The zero-order valence-corrected chi connectivity index (χ0v) is 11.2. The van der Waals surface area contributed by atoms with Crippen LogP contribution in [0.1, 0.15) is 27.3 Å². The highest BCUT2D eigenvalue weighted by Gasteiger charge is 2.19. The van der Waals surface area contributed by atoms with E-state index >= 15 is 0 Å². The first-order chi connectivity index (χ1) is 8.25. The van der Waals surface area contributed by atoms with Crippen LogP contribution in [-0.4, -0.2) is 6.61 Å². The Morgan fingerprint density at radius 1 is 1.29 bits per heavy atom. The highest BCUT2D eigenvalue weighted by molar-refractivity contribution is 9.09. The number of benzene rings is 1. The molecule has 0 amide bonds. The third kappa shape index (κ3) is 1.89. The van der Waals surface area contributed by atoms with Gasteiger partial charge in [-0.05, 0) is 35.7 Å². The largest absolute Gasteiger partial charge is 0.493 e. The van der Waals surface area contributed by atoms with Crippen molar-refractivity contribution in [2.24, 2.45) is 0 Å². The maximum Gasteiger partial charge on any atom is 0.124 e. The highest BCUT2D eigenvalue weighted by Crippen LogP contribution is 2.36. The van der Waals surface area contributed by atoms with E-state index in [-0.39, 0.29) is 4.83 Å².